The molecule has 2 N–H and O–H groups in total. The number of rotatable bonds is 4. The molecule has 0 aliphatic carbocycles. The summed E-state index contributed by atoms with van der Waals surface area (Å²) in [5, 5.41) is 0. The van der Waals surface area contributed by atoms with Gasteiger partial charge in [0.2, 0.25) is 10.0 Å². The largest absolute Gasteiger partial charge is 0.352 e. The van der Waals surface area contributed by atoms with E-state index >= 15 is 0 Å². The van der Waals surface area contributed by atoms with Crippen LogP contribution in [0.3, 0.4) is 0 Å². The lowest BCUT2D eigenvalue weighted by Crippen LogP contribution is -2.32. The van der Waals surface area contributed by atoms with Gasteiger partial charge >= 0.3 is 0 Å². The van der Waals surface area contributed by atoms with Gasteiger partial charge in [-0.2, -0.15) is 4.31 Å². The summed E-state index contributed by atoms with van der Waals surface area (Å²) in [6.07, 6.45) is 4.68. The molecule has 1 aliphatic heterocycles. The summed E-state index contributed by atoms with van der Waals surface area (Å²) in [4.78, 5) is 0.369. The Kier molecular flexibility index (Phi) is 5.11. The minimum atomic E-state index is -3.39. The molecule has 0 spiro atoms. The van der Waals surface area contributed by atoms with E-state index in [1.807, 2.05) is 7.05 Å². The lowest BCUT2D eigenvalue weighted by Gasteiger charge is -2.20. The number of hydrogen-bond donors (Lipinski definition) is 1. The zero-order valence-electron chi connectivity index (χ0n) is 13.2. The second-order valence-corrected chi connectivity index (χ2v) is 8.26. The summed E-state index contributed by atoms with van der Waals surface area (Å²) in [7, 11) is -1.56. The normalized spacial score (nSPS) is 21.7. The molecule has 1 aromatic rings. The van der Waals surface area contributed by atoms with Crippen LogP contribution in [0.15, 0.2) is 17.2 Å². The highest BCUT2D eigenvalue weighted by atomic mass is 32.2. The molecule has 1 aliphatic rings. The van der Waals surface area contributed by atoms with Crippen LogP contribution in [0.25, 0.3) is 0 Å². The average molecular weight is 313 g/mol. The third-order valence-corrected chi connectivity index (χ3v) is 6.47. The second kappa shape index (κ2) is 6.50. The van der Waals surface area contributed by atoms with Crippen LogP contribution in [0, 0.1) is 11.8 Å². The van der Waals surface area contributed by atoms with Gasteiger partial charge in [-0.1, -0.05) is 13.8 Å². The van der Waals surface area contributed by atoms with Crippen molar-refractivity contribution in [2.24, 2.45) is 24.6 Å². The topological polar surface area (TPSA) is 68.3 Å². The molecular weight excluding hydrogens is 286 g/mol. The zero-order valence-corrected chi connectivity index (χ0v) is 14.1. The van der Waals surface area contributed by atoms with Crippen LogP contribution in [0.4, 0.5) is 0 Å². The lowest BCUT2D eigenvalue weighted by molar-refractivity contribution is 0.341. The zero-order chi connectivity index (χ0) is 15.6. The van der Waals surface area contributed by atoms with Gasteiger partial charge in [0, 0.05) is 38.6 Å². The Bertz CT molecular complexity index is 578. The fourth-order valence-electron chi connectivity index (χ4n) is 3.07. The summed E-state index contributed by atoms with van der Waals surface area (Å²) < 4.78 is 29.0. The Morgan fingerprint density at radius 2 is 2.05 bits per heavy atom. The van der Waals surface area contributed by atoms with Crippen LogP contribution in [0.2, 0.25) is 0 Å². The number of nitrogens with zero attached hydrogens (tertiary/aromatic N) is 2. The molecule has 1 unspecified atom stereocenters. The molecule has 6 heteroatoms. The van der Waals surface area contributed by atoms with Crippen molar-refractivity contribution in [2.75, 3.05) is 13.1 Å². The molecule has 2 heterocycles. The minimum absolute atomic E-state index is 0.349. The fraction of sp³-hybridized carbons (Fsp3) is 0.733. The van der Waals surface area contributed by atoms with Gasteiger partial charge in [-0.25, -0.2) is 8.42 Å². The maximum Gasteiger partial charge on any atom is 0.244 e. The third kappa shape index (κ3) is 3.49. The van der Waals surface area contributed by atoms with E-state index in [0.717, 1.165) is 25.0 Å². The maximum atomic E-state index is 12.8. The monoisotopic (exact) mass is 313 g/mol. The van der Waals surface area contributed by atoms with E-state index in [1.165, 1.54) is 0 Å². The smallest absolute Gasteiger partial charge is 0.244 e. The third-order valence-electron chi connectivity index (χ3n) is 4.60. The van der Waals surface area contributed by atoms with Crippen molar-refractivity contribution in [1.82, 2.24) is 8.87 Å². The Morgan fingerprint density at radius 1 is 1.33 bits per heavy atom. The van der Waals surface area contributed by atoms with E-state index in [1.54, 1.807) is 21.1 Å². The van der Waals surface area contributed by atoms with E-state index in [0.29, 0.717) is 36.4 Å². The molecule has 0 saturated carbocycles. The van der Waals surface area contributed by atoms with Crippen LogP contribution < -0.4 is 5.73 Å². The van der Waals surface area contributed by atoms with Gasteiger partial charge < -0.3 is 10.3 Å². The van der Waals surface area contributed by atoms with Gasteiger partial charge in [0.05, 0.1) is 0 Å². The summed E-state index contributed by atoms with van der Waals surface area (Å²) in [6.45, 7) is 6.04. The Balaban J connectivity index is 2.19. The Morgan fingerprint density at radius 3 is 2.62 bits per heavy atom. The molecule has 2 rings (SSSR count). The Labute approximate surface area is 128 Å². The van der Waals surface area contributed by atoms with E-state index in [-0.39, 0.29) is 0 Å². The van der Waals surface area contributed by atoms with Gasteiger partial charge in [-0.05, 0) is 37.2 Å². The Hall–Kier alpha value is -0.850. The molecule has 0 bridgehead atoms. The van der Waals surface area contributed by atoms with E-state index < -0.39 is 10.0 Å². The van der Waals surface area contributed by atoms with Crippen molar-refractivity contribution < 1.29 is 8.42 Å². The molecule has 0 radical (unpaired) electrons. The summed E-state index contributed by atoms with van der Waals surface area (Å²) >= 11 is 0. The molecule has 1 saturated heterocycles. The van der Waals surface area contributed by atoms with Crippen molar-refractivity contribution in [1.29, 1.82) is 0 Å². The number of aromatic nitrogens is 1. The summed E-state index contributed by atoms with van der Waals surface area (Å²) in [5.41, 5.74) is 6.47. The van der Waals surface area contributed by atoms with Crippen molar-refractivity contribution >= 4 is 10.0 Å². The van der Waals surface area contributed by atoms with Crippen LogP contribution in [0.5, 0.6) is 0 Å². The molecule has 1 aromatic heterocycles. The van der Waals surface area contributed by atoms with Crippen molar-refractivity contribution in [3.05, 3.63) is 18.0 Å². The van der Waals surface area contributed by atoms with Crippen LogP contribution in [0.1, 0.15) is 38.8 Å². The van der Waals surface area contributed by atoms with E-state index in [4.69, 9.17) is 5.73 Å². The SMILES string of the molecule is CC(C)C1CCCN(S(=O)(=O)c2cc(CN)n(C)c2)CC1. The molecule has 1 fully saturated rings. The second-order valence-electron chi connectivity index (χ2n) is 6.32. The maximum absolute atomic E-state index is 12.8. The van der Waals surface area contributed by atoms with Gasteiger partial charge in [0.1, 0.15) is 4.90 Å². The number of aryl methyl sites for hydroxylation is 1. The van der Waals surface area contributed by atoms with Gasteiger partial charge in [0.15, 0.2) is 0 Å². The number of nitrogens with two attached hydrogens (primary N) is 1. The molecular formula is C15H27N3O2S. The average Bonchev–Trinajstić information content (AvgIpc) is 2.65. The molecule has 0 aromatic carbocycles. The van der Waals surface area contributed by atoms with Crippen LogP contribution in [-0.4, -0.2) is 30.4 Å². The van der Waals surface area contributed by atoms with Crippen molar-refractivity contribution in [3.63, 3.8) is 0 Å². The predicted octanol–water partition coefficient (Wildman–Crippen LogP) is 1.93. The van der Waals surface area contributed by atoms with Crippen molar-refractivity contribution in [2.45, 2.75) is 44.6 Å². The van der Waals surface area contributed by atoms with E-state index in [9.17, 15) is 8.42 Å². The first-order valence-electron chi connectivity index (χ1n) is 7.71. The first-order chi connectivity index (χ1) is 9.86. The molecule has 0 amide bonds. The highest BCUT2D eigenvalue weighted by molar-refractivity contribution is 7.89. The summed E-state index contributed by atoms with van der Waals surface area (Å²) in [5.74, 6) is 1.24. The highest BCUT2D eigenvalue weighted by Gasteiger charge is 2.29. The standard InChI is InChI=1S/C15H27N3O2S/c1-12(2)13-5-4-7-18(8-6-13)21(19,20)15-9-14(10-16)17(3)11-15/h9,11-13H,4-8,10,16H2,1-3H3. The number of hydrogen-bond acceptors (Lipinski definition) is 3. The first-order valence-corrected chi connectivity index (χ1v) is 9.15. The van der Waals surface area contributed by atoms with Crippen LogP contribution in [-0.2, 0) is 23.6 Å². The van der Waals surface area contributed by atoms with Gasteiger partial charge in [-0.15, -0.1) is 0 Å². The quantitative estimate of drug-likeness (QED) is 0.923. The van der Waals surface area contributed by atoms with Crippen molar-refractivity contribution in [3.8, 4) is 0 Å². The van der Waals surface area contributed by atoms with E-state index in [2.05, 4.69) is 13.8 Å². The molecule has 5 nitrogen and oxygen atoms in total. The first kappa shape index (κ1) is 16.5. The summed E-state index contributed by atoms with van der Waals surface area (Å²) in [6, 6.07) is 1.69. The predicted molar refractivity (Wildman–Crippen MR) is 84.2 cm³/mol. The van der Waals surface area contributed by atoms with Gasteiger partial charge in [0.25, 0.3) is 0 Å². The fourth-order valence-corrected chi connectivity index (χ4v) is 4.66. The number of sulfonamides is 1. The molecule has 21 heavy (non-hydrogen) atoms. The molecule has 120 valence electrons. The lowest BCUT2D eigenvalue weighted by atomic mass is 9.89. The van der Waals surface area contributed by atoms with Crippen LogP contribution >= 0.6 is 0 Å². The molecule has 1 atom stereocenters. The van der Waals surface area contributed by atoms with Gasteiger partial charge in [-0.3, -0.25) is 0 Å². The minimum Gasteiger partial charge on any atom is -0.352 e. The highest BCUT2D eigenvalue weighted by Crippen LogP contribution is 2.28.